The molecule has 1 aliphatic carbocycles. The monoisotopic (exact) mass is 494 g/mol. The highest BCUT2D eigenvalue weighted by Gasteiger charge is 2.35. The van der Waals surface area contributed by atoms with E-state index in [0.29, 0.717) is 49.4 Å². The zero-order valence-electron chi connectivity index (χ0n) is 20.1. The van der Waals surface area contributed by atoms with Crippen molar-refractivity contribution in [3.63, 3.8) is 0 Å². The topological polar surface area (TPSA) is 51.5 Å². The first-order valence-corrected chi connectivity index (χ1v) is 12.5. The number of ketones is 1. The maximum atomic E-state index is 13.5. The van der Waals surface area contributed by atoms with Crippen molar-refractivity contribution in [3.05, 3.63) is 35.0 Å². The lowest BCUT2D eigenvalue weighted by atomic mass is 9.83. The predicted octanol–water partition coefficient (Wildman–Crippen LogP) is 7.27. The van der Waals surface area contributed by atoms with Gasteiger partial charge in [-0.1, -0.05) is 17.7 Å². The molecule has 0 radical (unpaired) electrons. The third-order valence-corrected chi connectivity index (χ3v) is 7.25. The Kier molecular flexibility index (Phi) is 6.96. The molecule has 0 bridgehead atoms. The van der Waals surface area contributed by atoms with Gasteiger partial charge in [-0.25, -0.2) is 13.6 Å². The number of ether oxygens (including phenoxy) is 1. The van der Waals surface area contributed by atoms with E-state index in [2.05, 4.69) is 4.57 Å². The Morgan fingerprint density at radius 2 is 1.88 bits per heavy atom. The summed E-state index contributed by atoms with van der Waals surface area (Å²) >= 11 is 6.52. The number of likely N-dealkylation sites (tertiary alicyclic amines) is 1. The number of carbonyl (C=O) groups is 2. The minimum Gasteiger partial charge on any atom is -0.444 e. The molecule has 1 atom stereocenters. The van der Waals surface area contributed by atoms with Crippen LogP contribution in [0.4, 0.5) is 13.6 Å². The standard InChI is InChI=1S/C26H33ClF2N2O3/c1-25(2,3)34-24(33)30-14-11-18(15-30)31-16-19(23-20(27)5-4-6-21(23)31)22(32)8-7-17-9-12-26(28,29)13-10-17/h4-6,16-18H,7-15H2,1-3H3. The first-order chi connectivity index (χ1) is 15.9. The Morgan fingerprint density at radius 1 is 1.18 bits per heavy atom. The van der Waals surface area contributed by atoms with Crippen LogP contribution < -0.4 is 0 Å². The van der Waals surface area contributed by atoms with Gasteiger partial charge in [-0.2, -0.15) is 0 Å². The number of carbonyl (C=O) groups excluding carboxylic acids is 2. The number of rotatable bonds is 5. The van der Waals surface area contributed by atoms with Crippen LogP contribution in [0.3, 0.4) is 0 Å². The molecule has 2 aliphatic rings. The lowest BCUT2D eigenvalue weighted by Crippen LogP contribution is -2.35. The number of fused-ring (bicyclic) bond motifs is 1. The Hall–Kier alpha value is -2.15. The second-order valence-corrected chi connectivity index (χ2v) is 11.1. The maximum absolute atomic E-state index is 13.5. The summed E-state index contributed by atoms with van der Waals surface area (Å²) in [5.41, 5.74) is 0.873. The first kappa shape index (κ1) is 25.0. The number of benzene rings is 1. The number of aromatic nitrogens is 1. The van der Waals surface area contributed by atoms with Crippen LogP contribution >= 0.6 is 11.6 Å². The zero-order valence-corrected chi connectivity index (χ0v) is 20.8. The molecule has 4 rings (SSSR count). The molecule has 1 amide bonds. The Labute approximate surface area is 204 Å². The summed E-state index contributed by atoms with van der Waals surface area (Å²) in [6.45, 7) is 6.61. The van der Waals surface area contributed by atoms with Crippen molar-refractivity contribution in [1.82, 2.24) is 9.47 Å². The quantitative estimate of drug-likeness (QED) is 0.411. The summed E-state index contributed by atoms with van der Waals surface area (Å²) in [7, 11) is 0. The Balaban J connectivity index is 1.50. The largest absolute Gasteiger partial charge is 0.444 e. The van der Waals surface area contributed by atoms with Crippen LogP contribution in [-0.4, -0.2) is 46.0 Å². The maximum Gasteiger partial charge on any atom is 0.410 e. The molecule has 8 heteroatoms. The number of hydrogen-bond donors (Lipinski definition) is 0. The van der Waals surface area contributed by atoms with Gasteiger partial charge in [-0.3, -0.25) is 4.79 Å². The average Bonchev–Trinajstić information content (AvgIpc) is 3.37. The zero-order chi connectivity index (χ0) is 24.7. The summed E-state index contributed by atoms with van der Waals surface area (Å²) in [5, 5.41) is 1.24. The summed E-state index contributed by atoms with van der Waals surface area (Å²) in [6, 6.07) is 5.58. The number of alkyl halides is 2. The fourth-order valence-corrected chi connectivity index (χ4v) is 5.37. The van der Waals surface area contributed by atoms with Crippen LogP contribution in [0, 0.1) is 5.92 Å². The van der Waals surface area contributed by atoms with Gasteiger partial charge in [0.05, 0.1) is 16.6 Å². The molecule has 0 spiro atoms. The molecular formula is C26H33ClF2N2O3. The number of hydrogen-bond acceptors (Lipinski definition) is 3. The van der Waals surface area contributed by atoms with E-state index in [-0.39, 0.29) is 36.7 Å². The van der Waals surface area contributed by atoms with E-state index < -0.39 is 11.5 Å². The third-order valence-electron chi connectivity index (χ3n) is 6.93. The minimum absolute atomic E-state index is 0.00982. The van der Waals surface area contributed by atoms with Crippen LogP contribution in [0.5, 0.6) is 0 Å². The van der Waals surface area contributed by atoms with Gasteiger partial charge in [0.15, 0.2) is 5.78 Å². The normalized spacial score (nSPS) is 21.2. The highest BCUT2D eigenvalue weighted by atomic mass is 35.5. The molecule has 2 aromatic rings. The van der Waals surface area contributed by atoms with E-state index >= 15 is 0 Å². The Morgan fingerprint density at radius 3 is 2.56 bits per heavy atom. The van der Waals surface area contributed by atoms with Crippen molar-refractivity contribution >= 4 is 34.4 Å². The first-order valence-electron chi connectivity index (χ1n) is 12.1. The van der Waals surface area contributed by atoms with Gasteiger partial charge in [0.1, 0.15) is 5.60 Å². The second-order valence-electron chi connectivity index (χ2n) is 10.7. The fourth-order valence-electron chi connectivity index (χ4n) is 5.10. The van der Waals surface area contributed by atoms with Crippen molar-refractivity contribution in [2.45, 2.75) is 83.3 Å². The lowest BCUT2D eigenvalue weighted by molar-refractivity contribution is -0.0464. The lowest BCUT2D eigenvalue weighted by Gasteiger charge is -2.27. The van der Waals surface area contributed by atoms with Crippen LogP contribution in [-0.2, 0) is 4.74 Å². The van der Waals surface area contributed by atoms with Crippen LogP contribution in [0.2, 0.25) is 5.02 Å². The molecule has 186 valence electrons. The molecule has 2 fully saturated rings. The highest BCUT2D eigenvalue weighted by Crippen LogP contribution is 2.39. The van der Waals surface area contributed by atoms with Gasteiger partial charge in [0, 0.05) is 49.5 Å². The number of amides is 1. The summed E-state index contributed by atoms with van der Waals surface area (Å²) < 4.78 is 34.5. The summed E-state index contributed by atoms with van der Waals surface area (Å²) in [5.74, 6) is -2.42. The molecule has 1 unspecified atom stereocenters. The van der Waals surface area contributed by atoms with Gasteiger partial charge in [0.2, 0.25) is 5.92 Å². The fraction of sp³-hybridized carbons (Fsp3) is 0.615. The molecule has 1 aliphatic heterocycles. The average molecular weight is 495 g/mol. The molecule has 2 heterocycles. The van der Waals surface area contributed by atoms with Crippen molar-refractivity contribution in [2.75, 3.05) is 13.1 Å². The molecule has 0 N–H and O–H groups in total. The molecule has 1 aromatic carbocycles. The minimum atomic E-state index is -2.56. The van der Waals surface area contributed by atoms with Crippen LogP contribution in [0.1, 0.15) is 82.1 Å². The predicted molar refractivity (Wildman–Crippen MR) is 129 cm³/mol. The van der Waals surface area contributed by atoms with Crippen LogP contribution in [0.25, 0.3) is 10.9 Å². The molecule has 1 saturated carbocycles. The van der Waals surface area contributed by atoms with Gasteiger partial charge >= 0.3 is 6.09 Å². The van der Waals surface area contributed by atoms with Gasteiger partial charge in [0.25, 0.3) is 0 Å². The van der Waals surface area contributed by atoms with Gasteiger partial charge in [-0.05, 0) is 64.5 Å². The van der Waals surface area contributed by atoms with E-state index in [9.17, 15) is 18.4 Å². The van der Waals surface area contributed by atoms with E-state index in [1.54, 1.807) is 11.0 Å². The highest BCUT2D eigenvalue weighted by molar-refractivity contribution is 6.37. The van der Waals surface area contributed by atoms with Crippen molar-refractivity contribution in [3.8, 4) is 0 Å². The van der Waals surface area contributed by atoms with Gasteiger partial charge < -0.3 is 14.2 Å². The molecule has 1 aromatic heterocycles. The van der Waals surface area contributed by atoms with Crippen molar-refractivity contribution in [1.29, 1.82) is 0 Å². The van der Waals surface area contributed by atoms with Crippen LogP contribution in [0.15, 0.2) is 24.4 Å². The second kappa shape index (κ2) is 9.48. The van der Waals surface area contributed by atoms with Gasteiger partial charge in [-0.15, -0.1) is 0 Å². The molecule has 1 saturated heterocycles. The molecule has 34 heavy (non-hydrogen) atoms. The van der Waals surface area contributed by atoms with E-state index in [1.165, 1.54) is 0 Å². The number of nitrogens with zero attached hydrogens (tertiary/aromatic N) is 2. The Bertz CT molecular complexity index is 1070. The van der Waals surface area contributed by atoms with E-state index in [1.807, 2.05) is 39.1 Å². The molecular weight excluding hydrogens is 462 g/mol. The molecule has 5 nitrogen and oxygen atoms in total. The SMILES string of the molecule is CC(C)(C)OC(=O)N1CCC(n2cc(C(=O)CCC3CCC(F)(F)CC3)c3c(Cl)cccc32)C1. The van der Waals surface area contributed by atoms with E-state index in [0.717, 1.165) is 17.3 Å². The summed E-state index contributed by atoms with van der Waals surface area (Å²) in [4.78, 5) is 27.5. The van der Waals surface area contributed by atoms with Crippen molar-refractivity contribution in [2.24, 2.45) is 5.92 Å². The summed E-state index contributed by atoms with van der Waals surface area (Å²) in [6.07, 6.45) is 3.95. The third kappa shape index (κ3) is 5.56. The van der Waals surface area contributed by atoms with E-state index in [4.69, 9.17) is 16.3 Å². The number of halogens is 3. The van der Waals surface area contributed by atoms with Crippen molar-refractivity contribution < 1.29 is 23.1 Å². The number of Topliss-reactive ketones (excluding diaryl/α,β-unsaturated/α-hetero) is 1. The smallest absolute Gasteiger partial charge is 0.410 e.